The fraction of sp³-hybridized carbons (Fsp3) is 0.172. The Balaban J connectivity index is 1.35. The molecule has 0 aliphatic heterocycles. The molecule has 2 aromatic carbocycles. The zero-order chi connectivity index (χ0) is 26.8. The van der Waals surface area contributed by atoms with E-state index in [4.69, 9.17) is 9.47 Å². The Hall–Kier alpha value is -4.79. The summed E-state index contributed by atoms with van der Waals surface area (Å²) in [5, 5.41) is 8.05. The minimum Gasteiger partial charge on any atom is -0.490 e. The molecule has 3 heterocycles. The smallest absolute Gasteiger partial charge is 0.281 e. The van der Waals surface area contributed by atoms with Gasteiger partial charge in [-0.2, -0.15) is 5.10 Å². The molecule has 1 amide bonds. The second-order valence-electron chi connectivity index (χ2n) is 8.85. The molecule has 0 radical (unpaired) electrons. The summed E-state index contributed by atoms with van der Waals surface area (Å²) in [7, 11) is 0. The maximum absolute atomic E-state index is 13.6. The van der Waals surface area contributed by atoms with E-state index in [0.29, 0.717) is 40.9 Å². The van der Waals surface area contributed by atoms with E-state index in [2.05, 4.69) is 26.4 Å². The normalized spacial score (nSPS) is 11.0. The number of carbonyl (C=O) groups is 1. The number of halogens is 1. The molecule has 5 rings (SSSR count). The monoisotopic (exact) mass is 511 g/mol. The van der Waals surface area contributed by atoms with Crippen LogP contribution in [0.5, 0.6) is 17.2 Å². The van der Waals surface area contributed by atoms with Gasteiger partial charge in [-0.3, -0.25) is 9.78 Å². The number of aryl methyl sites for hydroxylation is 3. The van der Waals surface area contributed by atoms with Crippen LogP contribution < -0.4 is 14.8 Å². The molecule has 1 N–H and O–H groups in total. The molecule has 0 saturated heterocycles. The number of nitrogens with zero attached hydrogens (tertiary/aromatic N) is 4. The Morgan fingerprint density at radius 2 is 1.79 bits per heavy atom. The van der Waals surface area contributed by atoms with Crippen LogP contribution in [-0.2, 0) is 0 Å². The molecule has 3 aromatic heterocycles. The first kappa shape index (κ1) is 24.9. The average molecular weight is 512 g/mol. The Morgan fingerprint density at radius 3 is 2.53 bits per heavy atom. The van der Waals surface area contributed by atoms with E-state index in [-0.39, 0.29) is 11.5 Å². The first-order valence-corrected chi connectivity index (χ1v) is 12.1. The van der Waals surface area contributed by atoms with Crippen LogP contribution in [0.25, 0.3) is 16.6 Å². The highest BCUT2D eigenvalue weighted by Crippen LogP contribution is 2.31. The third kappa shape index (κ3) is 5.04. The van der Waals surface area contributed by atoms with Gasteiger partial charge >= 0.3 is 0 Å². The Morgan fingerprint density at radius 1 is 0.974 bits per heavy atom. The lowest BCUT2D eigenvalue weighted by molar-refractivity contribution is 0.101. The highest BCUT2D eigenvalue weighted by Gasteiger charge is 2.20. The third-order valence-electron chi connectivity index (χ3n) is 6.12. The highest BCUT2D eigenvalue weighted by molar-refractivity contribution is 6.04. The number of anilines is 1. The topological polar surface area (TPSA) is 91.2 Å². The number of ether oxygens (including phenoxy) is 2. The molecule has 9 heteroatoms. The zero-order valence-electron chi connectivity index (χ0n) is 21.4. The molecular weight excluding hydrogens is 485 g/mol. The number of hydrogen-bond donors (Lipinski definition) is 1. The molecule has 0 saturated carbocycles. The molecule has 38 heavy (non-hydrogen) atoms. The van der Waals surface area contributed by atoms with Crippen LogP contribution in [0.4, 0.5) is 10.2 Å². The van der Waals surface area contributed by atoms with Gasteiger partial charge in [0.1, 0.15) is 23.1 Å². The minimum atomic E-state index is -0.487. The number of aromatic nitrogens is 4. The number of carbonyl (C=O) groups excluding carboxylic acids is 1. The van der Waals surface area contributed by atoms with Gasteiger partial charge in [-0.05, 0) is 92.9 Å². The van der Waals surface area contributed by atoms with Crippen molar-refractivity contribution in [1.82, 2.24) is 19.7 Å². The molecule has 192 valence electrons. The largest absolute Gasteiger partial charge is 0.490 e. The standard InChI is InChI=1S/C29H26FN5O3/c1-5-37-26-16-35(24-8-6-20(30)12-19(24)4)34-28(26)29(36)33-27-9-7-21(15-32-27)38-25-10-11-31-23-14-18(3)17(2)13-22(23)25/h6-16H,5H2,1-4H3,(H,32,33,36). The van der Waals surface area contributed by atoms with Gasteiger partial charge in [0.05, 0.1) is 30.2 Å². The minimum absolute atomic E-state index is 0.0895. The van der Waals surface area contributed by atoms with Crippen LogP contribution in [0.2, 0.25) is 0 Å². The van der Waals surface area contributed by atoms with Crippen molar-refractivity contribution in [2.75, 3.05) is 11.9 Å². The van der Waals surface area contributed by atoms with Gasteiger partial charge in [-0.1, -0.05) is 0 Å². The molecular formula is C29H26FN5O3. The molecule has 0 fully saturated rings. The third-order valence-corrected chi connectivity index (χ3v) is 6.12. The summed E-state index contributed by atoms with van der Waals surface area (Å²) >= 11 is 0. The van der Waals surface area contributed by atoms with Gasteiger partial charge in [-0.25, -0.2) is 14.1 Å². The lowest BCUT2D eigenvalue weighted by Gasteiger charge is -2.11. The number of fused-ring (bicyclic) bond motifs is 1. The van der Waals surface area contributed by atoms with Gasteiger partial charge in [0, 0.05) is 11.6 Å². The van der Waals surface area contributed by atoms with Crippen LogP contribution in [0.1, 0.15) is 34.1 Å². The fourth-order valence-electron chi connectivity index (χ4n) is 4.06. The maximum atomic E-state index is 13.6. The Kier molecular flexibility index (Phi) is 6.74. The van der Waals surface area contributed by atoms with Crippen molar-refractivity contribution >= 4 is 22.6 Å². The van der Waals surface area contributed by atoms with E-state index in [0.717, 1.165) is 22.0 Å². The summed E-state index contributed by atoms with van der Waals surface area (Å²) in [6.07, 6.45) is 4.84. The van der Waals surface area contributed by atoms with Crippen molar-refractivity contribution in [3.05, 3.63) is 95.3 Å². The number of amides is 1. The van der Waals surface area contributed by atoms with E-state index < -0.39 is 5.91 Å². The predicted octanol–water partition coefficient (Wildman–Crippen LogP) is 6.32. The zero-order valence-corrected chi connectivity index (χ0v) is 21.4. The molecule has 0 spiro atoms. The maximum Gasteiger partial charge on any atom is 0.281 e. The number of nitrogens with one attached hydrogen (secondary N) is 1. The first-order chi connectivity index (χ1) is 18.3. The summed E-state index contributed by atoms with van der Waals surface area (Å²) in [6, 6.07) is 13.6. The van der Waals surface area contributed by atoms with Crippen LogP contribution in [0, 0.1) is 26.6 Å². The number of hydrogen-bond acceptors (Lipinski definition) is 6. The van der Waals surface area contributed by atoms with Crippen LogP contribution in [0.15, 0.2) is 67.1 Å². The van der Waals surface area contributed by atoms with Crippen molar-refractivity contribution in [3.63, 3.8) is 0 Å². The molecule has 0 atom stereocenters. The van der Waals surface area contributed by atoms with Gasteiger partial charge in [-0.15, -0.1) is 0 Å². The van der Waals surface area contributed by atoms with E-state index in [1.165, 1.54) is 23.0 Å². The van der Waals surface area contributed by atoms with Crippen molar-refractivity contribution in [1.29, 1.82) is 0 Å². The van der Waals surface area contributed by atoms with E-state index in [9.17, 15) is 9.18 Å². The van der Waals surface area contributed by atoms with Gasteiger partial charge in [0.2, 0.25) is 0 Å². The summed E-state index contributed by atoms with van der Waals surface area (Å²) < 4.78 is 26.8. The first-order valence-electron chi connectivity index (χ1n) is 12.1. The predicted molar refractivity (Wildman–Crippen MR) is 143 cm³/mol. The van der Waals surface area contributed by atoms with Crippen molar-refractivity contribution < 1.29 is 18.7 Å². The molecule has 8 nitrogen and oxygen atoms in total. The Bertz CT molecular complexity index is 1650. The molecule has 5 aromatic rings. The van der Waals surface area contributed by atoms with Crippen molar-refractivity contribution in [2.24, 2.45) is 0 Å². The molecule has 0 aliphatic carbocycles. The summed E-state index contributed by atoms with van der Waals surface area (Å²) in [6.45, 7) is 8.03. The molecule has 0 unspecified atom stereocenters. The average Bonchev–Trinajstić information content (AvgIpc) is 3.30. The van der Waals surface area contributed by atoms with Crippen LogP contribution in [-0.4, -0.2) is 32.3 Å². The summed E-state index contributed by atoms with van der Waals surface area (Å²) in [5.74, 6) is 0.980. The quantitative estimate of drug-likeness (QED) is 0.275. The van der Waals surface area contributed by atoms with Crippen molar-refractivity contribution in [3.8, 4) is 22.9 Å². The highest BCUT2D eigenvalue weighted by atomic mass is 19.1. The van der Waals surface area contributed by atoms with Gasteiger partial charge < -0.3 is 14.8 Å². The van der Waals surface area contributed by atoms with E-state index in [1.807, 2.05) is 26.8 Å². The van der Waals surface area contributed by atoms with Crippen LogP contribution in [0.3, 0.4) is 0 Å². The molecule has 0 aliphatic rings. The lowest BCUT2D eigenvalue weighted by Crippen LogP contribution is -2.15. The summed E-state index contributed by atoms with van der Waals surface area (Å²) in [5.41, 5.74) is 4.56. The fourth-order valence-corrected chi connectivity index (χ4v) is 4.06. The van der Waals surface area contributed by atoms with E-state index in [1.54, 1.807) is 43.6 Å². The number of rotatable bonds is 7. The second kappa shape index (κ2) is 10.3. The SMILES string of the molecule is CCOc1cn(-c2ccc(F)cc2C)nc1C(=O)Nc1ccc(Oc2ccnc3cc(C)c(C)cc23)cn1. The lowest BCUT2D eigenvalue weighted by atomic mass is 10.1. The van der Waals surface area contributed by atoms with Gasteiger partial charge in [0.25, 0.3) is 5.91 Å². The second-order valence-corrected chi connectivity index (χ2v) is 8.85. The van der Waals surface area contributed by atoms with E-state index >= 15 is 0 Å². The number of pyridine rings is 2. The molecule has 0 bridgehead atoms. The summed E-state index contributed by atoms with van der Waals surface area (Å²) in [4.78, 5) is 21.8. The Labute approximate surface area is 219 Å². The van der Waals surface area contributed by atoms with Crippen LogP contribution >= 0.6 is 0 Å². The van der Waals surface area contributed by atoms with Crippen molar-refractivity contribution in [2.45, 2.75) is 27.7 Å². The van der Waals surface area contributed by atoms with Gasteiger partial charge in [0.15, 0.2) is 11.4 Å². The number of benzene rings is 2.